The van der Waals surface area contributed by atoms with E-state index in [1.54, 1.807) is 11.9 Å². The Morgan fingerprint density at radius 3 is 2.88 bits per heavy atom. The monoisotopic (exact) mass is 368 g/mol. The van der Waals surface area contributed by atoms with Gasteiger partial charge in [0.15, 0.2) is 5.13 Å². The van der Waals surface area contributed by atoms with Crippen LogP contribution in [0.1, 0.15) is 37.3 Å². The predicted molar refractivity (Wildman–Crippen MR) is 99.0 cm³/mol. The summed E-state index contributed by atoms with van der Waals surface area (Å²) in [6.45, 7) is 5.47. The Labute approximate surface area is 153 Å². The zero-order valence-electron chi connectivity index (χ0n) is 15.3. The topological polar surface area (TPSA) is 83.6 Å². The van der Waals surface area contributed by atoms with Crippen molar-refractivity contribution in [3.63, 3.8) is 0 Å². The van der Waals surface area contributed by atoms with Crippen molar-refractivity contribution < 1.29 is 14.3 Å². The molecule has 0 bridgehead atoms. The molecule has 1 aliphatic carbocycles. The Hall–Kier alpha value is -1.51. The molecule has 0 fully saturated rings. The van der Waals surface area contributed by atoms with Gasteiger partial charge in [0.05, 0.1) is 5.69 Å². The number of rotatable bonds is 9. The lowest BCUT2D eigenvalue weighted by molar-refractivity contribution is -0.136. The number of likely N-dealkylation sites (N-methyl/N-ethyl adjacent to an activating group) is 1. The maximum absolute atomic E-state index is 11.9. The lowest BCUT2D eigenvalue weighted by Gasteiger charge is -2.21. The van der Waals surface area contributed by atoms with Crippen LogP contribution >= 0.6 is 11.3 Å². The summed E-state index contributed by atoms with van der Waals surface area (Å²) in [5, 5.41) is 6.94. The molecule has 1 aromatic rings. The molecule has 25 heavy (non-hydrogen) atoms. The van der Waals surface area contributed by atoms with Gasteiger partial charge < -0.3 is 15.0 Å². The molecule has 1 heterocycles. The summed E-state index contributed by atoms with van der Waals surface area (Å²) in [6.07, 6.45) is 4.12. The maximum atomic E-state index is 11.9. The summed E-state index contributed by atoms with van der Waals surface area (Å²) in [5.41, 5.74) is 1.09. The Balaban J connectivity index is 1.77. The number of nitrogens with zero attached hydrogens (tertiary/aromatic N) is 2. The predicted octanol–water partition coefficient (Wildman–Crippen LogP) is 1.43. The Bertz CT molecular complexity index is 590. The summed E-state index contributed by atoms with van der Waals surface area (Å²) >= 11 is 1.54. The van der Waals surface area contributed by atoms with Crippen LogP contribution in [0.4, 0.5) is 5.13 Å². The van der Waals surface area contributed by atoms with Crippen LogP contribution in [0, 0.1) is 0 Å². The van der Waals surface area contributed by atoms with Crippen molar-refractivity contribution in [1.29, 1.82) is 0 Å². The number of ether oxygens (including phenoxy) is 1. The number of amides is 2. The van der Waals surface area contributed by atoms with Crippen molar-refractivity contribution in [1.82, 2.24) is 15.2 Å². The van der Waals surface area contributed by atoms with Crippen LogP contribution in [0.15, 0.2) is 0 Å². The van der Waals surface area contributed by atoms with Crippen molar-refractivity contribution in [2.75, 3.05) is 38.7 Å². The first-order valence-electron chi connectivity index (χ1n) is 8.87. The van der Waals surface area contributed by atoms with Crippen LogP contribution < -0.4 is 10.6 Å². The van der Waals surface area contributed by atoms with E-state index in [1.165, 1.54) is 16.2 Å². The molecule has 0 aromatic carbocycles. The summed E-state index contributed by atoms with van der Waals surface area (Å²) in [5.74, 6) is -0.413. The van der Waals surface area contributed by atoms with Gasteiger partial charge in [0.25, 0.3) is 5.91 Å². The smallest absolute Gasteiger partial charge is 0.252 e. The van der Waals surface area contributed by atoms with Crippen LogP contribution in [0.5, 0.6) is 0 Å². The Kier molecular flexibility index (Phi) is 7.80. The molecule has 2 rings (SSSR count). The molecular weight excluding hydrogens is 340 g/mol. The molecule has 1 atom stereocenters. The van der Waals surface area contributed by atoms with Crippen LogP contribution in [0.3, 0.4) is 0 Å². The second kappa shape index (κ2) is 9.84. The molecule has 7 nitrogen and oxygen atoms in total. The lowest BCUT2D eigenvalue weighted by Crippen LogP contribution is -2.34. The van der Waals surface area contributed by atoms with E-state index in [2.05, 4.69) is 22.5 Å². The van der Waals surface area contributed by atoms with E-state index in [1.807, 2.05) is 6.92 Å². The van der Waals surface area contributed by atoms with E-state index in [4.69, 9.17) is 4.74 Å². The second-order valence-corrected chi connectivity index (χ2v) is 7.32. The van der Waals surface area contributed by atoms with Gasteiger partial charge in [-0.15, -0.1) is 11.3 Å². The molecule has 2 amide bonds. The van der Waals surface area contributed by atoms with Crippen molar-refractivity contribution >= 4 is 28.3 Å². The highest BCUT2D eigenvalue weighted by atomic mass is 32.1. The number of thiazole rings is 1. The highest BCUT2D eigenvalue weighted by molar-refractivity contribution is 7.15. The SMILES string of the molecule is CCCN[C@H]1CCc2nc(NC(=O)COCC(=O)N(C)CC)sc2C1. The van der Waals surface area contributed by atoms with Gasteiger partial charge in [-0.25, -0.2) is 4.98 Å². The Morgan fingerprint density at radius 1 is 1.36 bits per heavy atom. The normalized spacial score (nSPS) is 16.4. The standard InChI is InChI=1S/C17H28N4O3S/c1-4-8-18-12-6-7-13-14(9-12)25-17(19-13)20-15(22)10-24-11-16(23)21(3)5-2/h12,18H,4-11H2,1-3H3,(H,19,20,22)/t12-/m0/s1. The first-order chi connectivity index (χ1) is 12.0. The average molecular weight is 369 g/mol. The third-order valence-corrected chi connectivity index (χ3v) is 5.26. The molecule has 2 N–H and O–H groups in total. The fraction of sp³-hybridized carbons (Fsp3) is 0.706. The quantitative estimate of drug-likeness (QED) is 0.689. The molecule has 1 aliphatic rings. The van der Waals surface area contributed by atoms with Gasteiger partial charge in [-0.2, -0.15) is 0 Å². The number of aromatic nitrogens is 1. The number of fused-ring (bicyclic) bond motifs is 1. The zero-order valence-corrected chi connectivity index (χ0v) is 16.1. The lowest BCUT2D eigenvalue weighted by atomic mass is 9.98. The van der Waals surface area contributed by atoms with E-state index in [-0.39, 0.29) is 25.0 Å². The van der Waals surface area contributed by atoms with E-state index in [9.17, 15) is 9.59 Å². The minimum atomic E-state index is -0.279. The molecular formula is C17H28N4O3S. The van der Waals surface area contributed by atoms with Gasteiger partial charge in [0.2, 0.25) is 5.91 Å². The van der Waals surface area contributed by atoms with Crippen molar-refractivity contribution in [2.45, 2.75) is 45.6 Å². The first-order valence-corrected chi connectivity index (χ1v) is 9.68. The number of carbonyl (C=O) groups excluding carboxylic acids is 2. The number of anilines is 1. The second-order valence-electron chi connectivity index (χ2n) is 6.23. The summed E-state index contributed by atoms with van der Waals surface area (Å²) < 4.78 is 5.18. The molecule has 1 aromatic heterocycles. The van der Waals surface area contributed by atoms with Gasteiger partial charge in [-0.3, -0.25) is 14.9 Å². The first kappa shape index (κ1) is 19.8. The van der Waals surface area contributed by atoms with Gasteiger partial charge >= 0.3 is 0 Å². The van der Waals surface area contributed by atoms with Crippen molar-refractivity contribution in [3.05, 3.63) is 10.6 Å². The van der Waals surface area contributed by atoms with Gasteiger partial charge in [0, 0.05) is 24.5 Å². The highest BCUT2D eigenvalue weighted by Crippen LogP contribution is 2.29. The van der Waals surface area contributed by atoms with E-state index in [0.29, 0.717) is 17.7 Å². The third-order valence-electron chi connectivity index (χ3n) is 4.23. The maximum Gasteiger partial charge on any atom is 0.252 e. The average Bonchev–Trinajstić information content (AvgIpc) is 3.00. The number of nitrogens with one attached hydrogen (secondary N) is 2. The summed E-state index contributed by atoms with van der Waals surface area (Å²) in [4.78, 5) is 30.9. The largest absolute Gasteiger partial charge is 0.362 e. The number of hydrogen-bond acceptors (Lipinski definition) is 6. The zero-order chi connectivity index (χ0) is 18.2. The van der Waals surface area contributed by atoms with Gasteiger partial charge in [-0.05, 0) is 39.2 Å². The minimum absolute atomic E-state index is 0.0864. The molecule has 0 saturated carbocycles. The van der Waals surface area contributed by atoms with Crippen LogP contribution in [-0.4, -0.2) is 61.1 Å². The fourth-order valence-corrected chi connectivity index (χ4v) is 3.73. The molecule has 0 unspecified atom stereocenters. The van der Waals surface area contributed by atoms with Crippen molar-refractivity contribution in [3.8, 4) is 0 Å². The summed E-state index contributed by atoms with van der Waals surface area (Å²) in [7, 11) is 1.70. The van der Waals surface area contributed by atoms with E-state index < -0.39 is 0 Å². The molecule has 0 radical (unpaired) electrons. The molecule has 140 valence electrons. The van der Waals surface area contributed by atoms with Crippen LogP contribution in [-0.2, 0) is 27.2 Å². The van der Waals surface area contributed by atoms with Gasteiger partial charge in [0.1, 0.15) is 13.2 Å². The third kappa shape index (κ3) is 6.05. The van der Waals surface area contributed by atoms with Crippen molar-refractivity contribution in [2.24, 2.45) is 0 Å². The number of aryl methyl sites for hydroxylation is 1. The van der Waals surface area contributed by atoms with Gasteiger partial charge in [-0.1, -0.05) is 6.92 Å². The number of hydrogen-bond donors (Lipinski definition) is 2. The Morgan fingerprint density at radius 2 is 2.16 bits per heavy atom. The fourth-order valence-electron chi connectivity index (χ4n) is 2.62. The van der Waals surface area contributed by atoms with Crippen LogP contribution in [0.2, 0.25) is 0 Å². The van der Waals surface area contributed by atoms with E-state index in [0.717, 1.165) is 37.9 Å². The molecule has 0 aliphatic heterocycles. The van der Waals surface area contributed by atoms with E-state index >= 15 is 0 Å². The molecule has 0 spiro atoms. The molecule has 0 saturated heterocycles. The number of carbonyl (C=O) groups is 2. The van der Waals surface area contributed by atoms with Crippen LogP contribution in [0.25, 0.3) is 0 Å². The highest BCUT2D eigenvalue weighted by Gasteiger charge is 2.22. The molecule has 8 heteroatoms. The summed E-state index contributed by atoms with van der Waals surface area (Å²) in [6, 6.07) is 0.501. The minimum Gasteiger partial charge on any atom is -0.362 e.